The number of rotatable bonds is 0. The number of halogens is 4. The fourth-order valence-corrected chi connectivity index (χ4v) is 0.603. The van der Waals surface area contributed by atoms with Gasteiger partial charge in [-0.3, -0.25) is 0 Å². The van der Waals surface area contributed by atoms with Gasteiger partial charge >= 0.3 is 6.17 Å². The largest absolute Gasteiger partial charge is 0.534 e. The maximum absolute atomic E-state index is 11.8. The minimum absolute atomic E-state index is 0.347. The standard InChI is InChI=1S/C3H5F4N2/c4-3(5)8-1-2-9(3,6)7/h8H,1-2H2/q+1. The summed E-state index contributed by atoms with van der Waals surface area (Å²) in [6, 6.07) is 0. The topological polar surface area (TPSA) is 12.0 Å². The fourth-order valence-electron chi connectivity index (χ4n) is 0.603. The van der Waals surface area contributed by atoms with Crippen LogP contribution in [0.2, 0.25) is 0 Å². The van der Waals surface area contributed by atoms with Gasteiger partial charge in [-0.05, 0) is 0 Å². The van der Waals surface area contributed by atoms with E-state index >= 15 is 0 Å². The summed E-state index contributed by atoms with van der Waals surface area (Å²) >= 11 is 0. The van der Waals surface area contributed by atoms with E-state index in [2.05, 4.69) is 0 Å². The summed E-state index contributed by atoms with van der Waals surface area (Å²) in [5.74, 6) is 0. The molecule has 1 heterocycles. The molecule has 0 aromatic rings. The quantitative estimate of drug-likeness (QED) is 0.301. The van der Waals surface area contributed by atoms with Gasteiger partial charge in [-0.25, -0.2) is 0 Å². The average molecular weight is 145 g/mol. The maximum Gasteiger partial charge on any atom is 0.534 e. The molecular weight excluding hydrogens is 140 g/mol. The predicted molar refractivity (Wildman–Crippen MR) is 20.3 cm³/mol. The molecule has 0 saturated carbocycles. The molecule has 1 saturated heterocycles. The third kappa shape index (κ3) is 0.878. The van der Waals surface area contributed by atoms with Crippen molar-refractivity contribution in [3.63, 3.8) is 0 Å². The Bertz CT molecular complexity index is 109. The Hall–Kier alpha value is -0.360. The van der Waals surface area contributed by atoms with Crippen LogP contribution in [0.5, 0.6) is 0 Å². The molecule has 0 aromatic carbocycles. The number of quaternary nitrogens is 1. The molecule has 0 atom stereocenters. The molecule has 6 heteroatoms. The van der Waals surface area contributed by atoms with Crippen LogP contribution in [0.3, 0.4) is 0 Å². The van der Waals surface area contributed by atoms with E-state index in [-0.39, 0.29) is 6.54 Å². The molecule has 2 nitrogen and oxygen atoms in total. The Morgan fingerprint density at radius 2 is 1.89 bits per heavy atom. The Labute approximate surface area is 48.5 Å². The summed E-state index contributed by atoms with van der Waals surface area (Å²) in [5, 5.41) is 1.38. The van der Waals surface area contributed by atoms with Gasteiger partial charge in [0, 0.05) is 8.96 Å². The van der Waals surface area contributed by atoms with Gasteiger partial charge in [-0.2, -0.15) is 5.32 Å². The number of alkyl halides is 2. The van der Waals surface area contributed by atoms with Crippen molar-refractivity contribution in [3.05, 3.63) is 0 Å². The molecule has 54 valence electrons. The number of nitrogens with one attached hydrogen (secondary N) is 1. The summed E-state index contributed by atoms with van der Waals surface area (Å²) in [4.78, 5) is -3.24. The molecular formula is C3H5F4N2+. The van der Waals surface area contributed by atoms with E-state index in [9.17, 15) is 17.7 Å². The molecule has 1 N–H and O–H groups in total. The third-order valence-electron chi connectivity index (χ3n) is 1.14. The molecule has 0 radical (unpaired) electrons. The summed E-state index contributed by atoms with van der Waals surface area (Å²) in [6.07, 6.45) is -4.06. The molecule has 0 bridgehead atoms. The van der Waals surface area contributed by atoms with Crippen molar-refractivity contribution in [2.45, 2.75) is 6.17 Å². The van der Waals surface area contributed by atoms with Crippen LogP contribution in [0.1, 0.15) is 0 Å². The molecule has 0 amide bonds. The van der Waals surface area contributed by atoms with Gasteiger partial charge in [0.1, 0.15) is 4.93 Å². The van der Waals surface area contributed by atoms with E-state index in [1.165, 1.54) is 5.32 Å². The van der Waals surface area contributed by atoms with Gasteiger partial charge < -0.3 is 0 Å². The second-order valence-electron chi connectivity index (χ2n) is 1.82. The summed E-state index contributed by atoms with van der Waals surface area (Å²) < 4.78 is 47.4. The van der Waals surface area contributed by atoms with E-state index in [1.54, 1.807) is 0 Å². The highest BCUT2D eigenvalue weighted by Crippen LogP contribution is 2.31. The highest BCUT2D eigenvalue weighted by atomic mass is 19.4. The lowest BCUT2D eigenvalue weighted by molar-refractivity contribution is -1.22. The van der Waals surface area contributed by atoms with Crippen molar-refractivity contribution in [1.29, 1.82) is 0 Å². The van der Waals surface area contributed by atoms with Crippen molar-refractivity contribution in [1.82, 2.24) is 5.32 Å². The number of hydrogen-bond donors (Lipinski definition) is 1. The first-order chi connectivity index (χ1) is 3.96. The second-order valence-corrected chi connectivity index (χ2v) is 1.82. The molecule has 0 unspecified atom stereocenters. The van der Waals surface area contributed by atoms with E-state index in [1.807, 2.05) is 0 Å². The van der Waals surface area contributed by atoms with Crippen LogP contribution in [-0.2, 0) is 0 Å². The average Bonchev–Trinajstić information content (AvgIpc) is 1.81. The van der Waals surface area contributed by atoms with Crippen molar-refractivity contribution in [2.75, 3.05) is 13.1 Å². The lowest BCUT2D eigenvalue weighted by Gasteiger charge is -2.11. The van der Waals surface area contributed by atoms with Crippen LogP contribution in [0.4, 0.5) is 17.7 Å². The van der Waals surface area contributed by atoms with Gasteiger partial charge in [0.25, 0.3) is 0 Å². The van der Waals surface area contributed by atoms with Crippen LogP contribution in [-0.4, -0.2) is 24.2 Å². The zero-order valence-corrected chi connectivity index (χ0v) is 4.37. The Morgan fingerprint density at radius 3 is 2.00 bits per heavy atom. The fraction of sp³-hybridized carbons (Fsp3) is 1.00. The Kier molecular flexibility index (Phi) is 1.18. The van der Waals surface area contributed by atoms with Crippen LogP contribution in [0.25, 0.3) is 0 Å². The zero-order valence-electron chi connectivity index (χ0n) is 4.37. The number of nitrogens with zero attached hydrogens (tertiary/aromatic N) is 1. The Balaban J connectivity index is 2.75. The normalized spacial score (nSPS) is 30.7. The van der Waals surface area contributed by atoms with Crippen LogP contribution >= 0.6 is 0 Å². The van der Waals surface area contributed by atoms with Crippen LogP contribution in [0.15, 0.2) is 0 Å². The molecule has 1 rings (SSSR count). The molecule has 0 spiro atoms. The lowest BCUT2D eigenvalue weighted by Crippen LogP contribution is -2.47. The van der Waals surface area contributed by atoms with Crippen LogP contribution < -0.4 is 5.32 Å². The third-order valence-corrected chi connectivity index (χ3v) is 1.14. The zero-order chi connectivity index (χ0) is 7.12. The van der Waals surface area contributed by atoms with E-state index in [0.29, 0.717) is 0 Å². The second kappa shape index (κ2) is 1.57. The van der Waals surface area contributed by atoms with Crippen molar-refractivity contribution in [3.8, 4) is 0 Å². The van der Waals surface area contributed by atoms with Gasteiger partial charge in [-0.15, -0.1) is 8.78 Å². The van der Waals surface area contributed by atoms with Gasteiger partial charge in [0.2, 0.25) is 0 Å². The summed E-state index contributed by atoms with van der Waals surface area (Å²) in [7, 11) is 0. The highest BCUT2D eigenvalue weighted by Gasteiger charge is 2.64. The first-order valence-electron chi connectivity index (χ1n) is 2.36. The maximum atomic E-state index is 11.8. The van der Waals surface area contributed by atoms with Gasteiger partial charge in [0.05, 0.1) is 6.54 Å². The summed E-state index contributed by atoms with van der Waals surface area (Å²) in [6.45, 7) is -1.19. The SMILES string of the molecule is FC1(F)NCC[N+]1(F)F. The summed E-state index contributed by atoms with van der Waals surface area (Å²) in [5.41, 5.74) is 0. The molecule has 0 aromatic heterocycles. The van der Waals surface area contributed by atoms with Gasteiger partial charge in [-0.1, -0.05) is 0 Å². The molecule has 0 aliphatic carbocycles. The van der Waals surface area contributed by atoms with E-state index < -0.39 is 17.6 Å². The Morgan fingerprint density at radius 1 is 1.33 bits per heavy atom. The van der Waals surface area contributed by atoms with Crippen LogP contribution in [0, 0.1) is 0 Å². The minimum atomic E-state index is -4.06. The number of hydrogen-bond acceptors (Lipinski definition) is 1. The van der Waals surface area contributed by atoms with E-state index in [0.717, 1.165) is 0 Å². The molecule has 1 fully saturated rings. The van der Waals surface area contributed by atoms with E-state index in [4.69, 9.17) is 0 Å². The lowest BCUT2D eigenvalue weighted by atomic mass is 10.7. The minimum Gasteiger partial charge on any atom is -0.192 e. The van der Waals surface area contributed by atoms with Crippen molar-refractivity contribution >= 4 is 0 Å². The monoisotopic (exact) mass is 145 g/mol. The van der Waals surface area contributed by atoms with Crippen molar-refractivity contribution < 1.29 is 22.7 Å². The smallest absolute Gasteiger partial charge is 0.192 e. The first-order valence-corrected chi connectivity index (χ1v) is 2.36. The molecule has 1 aliphatic rings. The molecule has 9 heavy (non-hydrogen) atoms. The van der Waals surface area contributed by atoms with Crippen molar-refractivity contribution in [2.24, 2.45) is 0 Å². The first kappa shape index (κ1) is 6.76. The van der Waals surface area contributed by atoms with Gasteiger partial charge in [0.15, 0.2) is 6.54 Å². The predicted octanol–water partition coefficient (Wildman–Crippen LogP) is 0.726. The molecule has 1 aliphatic heterocycles. The highest BCUT2D eigenvalue weighted by molar-refractivity contribution is 4.55.